The molecule has 1 heterocycles. The lowest BCUT2D eigenvalue weighted by molar-refractivity contribution is -0.147. The Balaban J connectivity index is 1.59. The maximum Gasteiger partial charge on any atom is 0.313 e. The lowest BCUT2D eigenvalue weighted by Crippen LogP contribution is -2.23. The van der Waals surface area contributed by atoms with Crippen LogP contribution in [0.1, 0.15) is 45.9 Å². The van der Waals surface area contributed by atoms with Crippen LogP contribution in [0.15, 0.2) is 72.8 Å². The first kappa shape index (κ1) is 23.7. The number of carbonyl (C=O) groups excluding carboxylic acids is 2. The molecule has 0 fully saturated rings. The molecule has 184 valence electrons. The summed E-state index contributed by atoms with van der Waals surface area (Å²) in [5.41, 5.74) is 5.17. The molecule has 4 aromatic rings. The Morgan fingerprint density at radius 3 is 2.44 bits per heavy atom. The maximum absolute atomic E-state index is 13.8. The van der Waals surface area contributed by atoms with Crippen LogP contribution in [-0.4, -0.2) is 37.6 Å². The van der Waals surface area contributed by atoms with Crippen LogP contribution in [0.2, 0.25) is 0 Å². The Bertz CT molecular complexity index is 1400. The molecule has 0 aliphatic heterocycles. The molecule has 0 radical (unpaired) electrons. The molecule has 0 spiro atoms. The first-order valence-electron chi connectivity index (χ1n) is 12.2. The number of aromatic nitrogens is 1. The van der Waals surface area contributed by atoms with Crippen LogP contribution in [0.4, 0.5) is 5.69 Å². The van der Waals surface area contributed by atoms with E-state index in [0.717, 1.165) is 46.3 Å². The Hall–Kier alpha value is -4.06. The van der Waals surface area contributed by atoms with Gasteiger partial charge in [-0.15, -0.1) is 0 Å². The van der Waals surface area contributed by atoms with Crippen LogP contribution in [-0.2, 0) is 22.6 Å². The zero-order valence-corrected chi connectivity index (χ0v) is 20.9. The summed E-state index contributed by atoms with van der Waals surface area (Å²) in [7, 11) is 5.57. The molecule has 0 saturated carbocycles. The Kier molecular flexibility index (Phi) is 6.51. The highest BCUT2D eigenvalue weighted by atomic mass is 16.5. The van der Waals surface area contributed by atoms with E-state index in [2.05, 4.69) is 6.07 Å². The molecule has 5 rings (SSSR count). The molecule has 0 bridgehead atoms. The minimum atomic E-state index is -0.415. The summed E-state index contributed by atoms with van der Waals surface area (Å²) in [5, 5.41) is 0.930. The van der Waals surface area contributed by atoms with E-state index in [0.29, 0.717) is 17.7 Å². The van der Waals surface area contributed by atoms with Gasteiger partial charge in [0.1, 0.15) is 12.4 Å². The molecule has 6 heteroatoms. The first-order valence-corrected chi connectivity index (χ1v) is 12.2. The third-order valence-electron chi connectivity index (χ3n) is 6.91. The fraction of sp³-hybridized carbons (Fsp3) is 0.267. The van der Waals surface area contributed by atoms with Crippen molar-refractivity contribution in [2.24, 2.45) is 0 Å². The van der Waals surface area contributed by atoms with E-state index in [1.165, 1.54) is 0 Å². The van der Waals surface area contributed by atoms with E-state index in [9.17, 15) is 9.59 Å². The van der Waals surface area contributed by atoms with Crippen molar-refractivity contribution in [3.63, 3.8) is 0 Å². The van der Waals surface area contributed by atoms with E-state index in [1.807, 2.05) is 61.5 Å². The van der Waals surface area contributed by atoms with Crippen LogP contribution in [0.3, 0.4) is 0 Å². The molecular formula is C30H30N2O4. The molecule has 3 aromatic carbocycles. The zero-order chi connectivity index (χ0) is 25.2. The van der Waals surface area contributed by atoms with Gasteiger partial charge in [0.2, 0.25) is 0 Å². The standard InChI is InChI=1S/C30H30N2O4/c1-31(2)22-14-17-26-25(18-22)28-24(30(34)36-19-20-8-5-4-6-9-20)10-7-11-27(28)32(26)29(33)21-12-15-23(35-3)16-13-21/h4-6,8-9,12-18,24H,7,10-11,19H2,1-3H3. The molecule has 1 atom stereocenters. The molecule has 1 aromatic heterocycles. The number of hydrogen-bond acceptors (Lipinski definition) is 5. The maximum atomic E-state index is 13.8. The van der Waals surface area contributed by atoms with Crippen LogP contribution in [0.25, 0.3) is 10.9 Å². The van der Waals surface area contributed by atoms with Crippen LogP contribution < -0.4 is 9.64 Å². The van der Waals surface area contributed by atoms with Gasteiger partial charge in [-0.1, -0.05) is 30.3 Å². The fourth-order valence-electron chi connectivity index (χ4n) is 5.05. The van der Waals surface area contributed by atoms with Crippen molar-refractivity contribution in [3.05, 3.63) is 95.2 Å². The van der Waals surface area contributed by atoms with Crippen molar-refractivity contribution in [1.82, 2.24) is 4.57 Å². The molecule has 1 aliphatic carbocycles. The Labute approximate surface area is 211 Å². The van der Waals surface area contributed by atoms with Gasteiger partial charge in [0.05, 0.1) is 18.5 Å². The second-order valence-electron chi connectivity index (χ2n) is 9.36. The van der Waals surface area contributed by atoms with Crippen molar-refractivity contribution in [2.45, 2.75) is 31.8 Å². The number of hydrogen-bond donors (Lipinski definition) is 0. The SMILES string of the molecule is COc1ccc(C(=O)n2c3c(c4cc(N(C)C)ccc42)C(C(=O)OCc2ccccc2)CCC3)cc1. The van der Waals surface area contributed by atoms with Gasteiger partial charge in [-0.25, -0.2) is 0 Å². The van der Waals surface area contributed by atoms with Gasteiger partial charge in [-0.2, -0.15) is 0 Å². The Morgan fingerprint density at radius 1 is 1.00 bits per heavy atom. The van der Waals surface area contributed by atoms with E-state index in [1.54, 1.807) is 35.9 Å². The summed E-state index contributed by atoms with van der Waals surface area (Å²) in [6.45, 7) is 0.234. The minimum absolute atomic E-state index is 0.111. The smallest absolute Gasteiger partial charge is 0.313 e. The number of carbonyl (C=O) groups is 2. The van der Waals surface area contributed by atoms with Gasteiger partial charge in [0.15, 0.2) is 0 Å². The highest BCUT2D eigenvalue weighted by Crippen LogP contribution is 2.41. The number of esters is 1. The van der Waals surface area contributed by atoms with Crippen LogP contribution >= 0.6 is 0 Å². The highest BCUT2D eigenvalue weighted by molar-refractivity contribution is 6.06. The number of methoxy groups -OCH3 is 1. The molecule has 36 heavy (non-hydrogen) atoms. The lowest BCUT2D eigenvalue weighted by atomic mass is 9.85. The van der Waals surface area contributed by atoms with E-state index >= 15 is 0 Å². The third kappa shape index (κ3) is 4.35. The monoisotopic (exact) mass is 482 g/mol. The number of anilines is 1. The summed E-state index contributed by atoms with van der Waals surface area (Å²) in [5.74, 6) is -0.0732. The number of nitrogens with zero attached hydrogens (tertiary/aromatic N) is 2. The van der Waals surface area contributed by atoms with E-state index in [4.69, 9.17) is 9.47 Å². The number of rotatable bonds is 6. The fourth-order valence-corrected chi connectivity index (χ4v) is 5.05. The average Bonchev–Trinajstić information content (AvgIpc) is 3.25. The van der Waals surface area contributed by atoms with Crippen LogP contribution in [0.5, 0.6) is 5.75 Å². The minimum Gasteiger partial charge on any atom is -0.497 e. The van der Waals surface area contributed by atoms with Gasteiger partial charge in [-0.3, -0.25) is 14.2 Å². The second-order valence-corrected chi connectivity index (χ2v) is 9.36. The van der Waals surface area contributed by atoms with Gasteiger partial charge < -0.3 is 14.4 Å². The summed E-state index contributed by atoms with van der Waals surface area (Å²) in [4.78, 5) is 29.2. The van der Waals surface area contributed by atoms with Gasteiger partial charge in [0, 0.05) is 36.4 Å². The summed E-state index contributed by atoms with van der Waals surface area (Å²) in [6, 6.07) is 22.9. The van der Waals surface area contributed by atoms with Crippen LogP contribution in [0, 0.1) is 0 Å². The van der Waals surface area contributed by atoms with Crippen molar-refractivity contribution in [1.29, 1.82) is 0 Å². The molecular weight excluding hydrogens is 452 g/mol. The lowest BCUT2D eigenvalue weighted by Gasteiger charge is -2.23. The molecule has 0 N–H and O–H groups in total. The highest BCUT2D eigenvalue weighted by Gasteiger charge is 2.35. The predicted octanol–water partition coefficient (Wildman–Crippen LogP) is 5.57. The molecule has 6 nitrogen and oxygen atoms in total. The molecule has 0 amide bonds. The number of fused-ring (bicyclic) bond motifs is 3. The molecule has 1 aliphatic rings. The molecule has 0 saturated heterocycles. The number of benzene rings is 3. The van der Waals surface area contributed by atoms with E-state index in [-0.39, 0.29) is 18.5 Å². The van der Waals surface area contributed by atoms with Gasteiger partial charge >= 0.3 is 5.97 Å². The van der Waals surface area contributed by atoms with E-state index < -0.39 is 5.92 Å². The third-order valence-corrected chi connectivity index (χ3v) is 6.91. The average molecular weight is 483 g/mol. The summed E-state index contributed by atoms with van der Waals surface area (Å²) < 4.78 is 12.8. The molecule has 1 unspecified atom stereocenters. The first-order chi connectivity index (χ1) is 17.5. The van der Waals surface area contributed by atoms with Gasteiger partial charge in [0.25, 0.3) is 5.91 Å². The van der Waals surface area contributed by atoms with Crippen molar-refractivity contribution in [3.8, 4) is 5.75 Å². The topological polar surface area (TPSA) is 60.8 Å². The number of ether oxygens (including phenoxy) is 2. The normalized spacial score (nSPS) is 14.8. The van der Waals surface area contributed by atoms with Crippen molar-refractivity contribution in [2.75, 3.05) is 26.1 Å². The van der Waals surface area contributed by atoms with Gasteiger partial charge in [-0.05, 0) is 72.9 Å². The van der Waals surface area contributed by atoms with Crippen molar-refractivity contribution < 1.29 is 19.1 Å². The second kappa shape index (κ2) is 9.90. The largest absolute Gasteiger partial charge is 0.497 e. The van der Waals surface area contributed by atoms with Crippen molar-refractivity contribution >= 4 is 28.5 Å². The predicted molar refractivity (Wildman–Crippen MR) is 141 cm³/mol. The quantitative estimate of drug-likeness (QED) is 0.337. The summed E-state index contributed by atoms with van der Waals surface area (Å²) >= 11 is 0. The Morgan fingerprint density at radius 2 is 1.75 bits per heavy atom. The zero-order valence-electron chi connectivity index (χ0n) is 20.9. The summed E-state index contributed by atoms with van der Waals surface area (Å²) in [6.07, 6.45) is 2.24.